The number of aryl methyl sites for hydroxylation is 2. The Morgan fingerprint density at radius 3 is 2.96 bits per heavy atom. The Balaban J connectivity index is 1.72. The molecule has 4 rings (SSSR count). The topological polar surface area (TPSA) is 63.6 Å². The molecular formula is C17H18N4O2. The minimum absolute atomic E-state index is 0.00883. The lowest BCUT2D eigenvalue weighted by Crippen LogP contribution is -2.31. The number of amides is 1. The van der Waals surface area contributed by atoms with E-state index in [1.165, 1.54) is 0 Å². The molecule has 6 nitrogen and oxygen atoms in total. The standard InChI is InChI=1S/C17H18N4O2/c1-11-10-13(12(2)23-11)17(22)20-9-5-6-14(20)16-19-18-15-7-3-4-8-21(15)16/h3-4,7-8,10,14H,5-6,9H2,1-2H3. The van der Waals surface area contributed by atoms with Crippen molar-refractivity contribution in [1.29, 1.82) is 0 Å². The van der Waals surface area contributed by atoms with E-state index in [0.717, 1.165) is 36.6 Å². The minimum Gasteiger partial charge on any atom is -0.466 e. The minimum atomic E-state index is -0.0468. The number of furan rings is 1. The molecule has 118 valence electrons. The van der Waals surface area contributed by atoms with E-state index in [4.69, 9.17) is 4.42 Å². The lowest BCUT2D eigenvalue weighted by atomic mass is 10.1. The quantitative estimate of drug-likeness (QED) is 0.730. The maximum Gasteiger partial charge on any atom is 0.258 e. The Hall–Kier alpha value is -2.63. The van der Waals surface area contributed by atoms with Crippen LogP contribution < -0.4 is 0 Å². The first-order valence-electron chi connectivity index (χ1n) is 7.83. The summed E-state index contributed by atoms with van der Waals surface area (Å²) >= 11 is 0. The summed E-state index contributed by atoms with van der Waals surface area (Å²) in [5.74, 6) is 2.26. The van der Waals surface area contributed by atoms with Gasteiger partial charge in [0.15, 0.2) is 11.5 Å². The third-order valence-corrected chi connectivity index (χ3v) is 4.42. The summed E-state index contributed by atoms with van der Waals surface area (Å²) in [7, 11) is 0. The largest absolute Gasteiger partial charge is 0.466 e. The van der Waals surface area contributed by atoms with Gasteiger partial charge in [-0.2, -0.15) is 0 Å². The van der Waals surface area contributed by atoms with Crippen LogP contribution in [0, 0.1) is 13.8 Å². The molecule has 1 unspecified atom stereocenters. The molecule has 0 saturated carbocycles. The molecule has 6 heteroatoms. The molecule has 1 aliphatic rings. The van der Waals surface area contributed by atoms with Crippen molar-refractivity contribution in [3.63, 3.8) is 0 Å². The molecule has 1 aliphatic heterocycles. The summed E-state index contributed by atoms with van der Waals surface area (Å²) in [6.45, 7) is 4.42. The van der Waals surface area contributed by atoms with E-state index in [1.807, 2.05) is 53.6 Å². The van der Waals surface area contributed by atoms with Crippen LogP contribution in [0.15, 0.2) is 34.9 Å². The van der Waals surface area contributed by atoms with Crippen LogP contribution in [0.1, 0.15) is 46.6 Å². The maximum atomic E-state index is 12.9. The summed E-state index contributed by atoms with van der Waals surface area (Å²) in [5, 5.41) is 8.53. The van der Waals surface area contributed by atoms with Crippen LogP contribution >= 0.6 is 0 Å². The van der Waals surface area contributed by atoms with Gasteiger partial charge in [0.25, 0.3) is 5.91 Å². The van der Waals surface area contributed by atoms with Gasteiger partial charge < -0.3 is 9.32 Å². The van der Waals surface area contributed by atoms with Crippen LogP contribution in [0.2, 0.25) is 0 Å². The van der Waals surface area contributed by atoms with Crippen LogP contribution in [-0.4, -0.2) is 31.9 Å². The predicted molar refractivity (Wildman–Crippen MR) is 84.2 cm³/mol. The van der Waals surface area contributed by atoms with E-state index in [2.05, 4.69) is 10.2 Å². The van der Waals surface area contributed by atoms with Gasteiger partial charge in [-0.15, -0.1) is 10.2 Å². The first-order valence-corrected chi connectivity index (χ1v) is 7.83. The maximum absolute atomic E-state index is 12.9. The number of pyridine rings is 1. The summed E-state index contributed by atoms with van der Waals surface area (Å²) in [5.41, 5.74) is 1.44. The Bertz CT molecular complexity index is 880. The highest BCUT2D eigenvalue weighted by Gasteiger charge is 2.34. The highest BCUT2D eigenvalue weighted by atomic mass is 16.3. The number of aromatic nitrogens is 3. The summed E-state index contributed by atoms with van der Waals surface area (Å²) in [4.78, 5) is 14.8. The molecule has 0 spiro atoms. The van der Waals surface area contributed by atoms with Gasteiger partial charge in [-0.25, -0.2) is 0 Å². The number of carbonyl (C=O) groups is 1. The van der Waals surface area contributed by atoms with E-state index >= 15 is 0 Å². The molecule has 4 heterocycles. The van der Waals surface area contributed by atoms with Crippen LogP contribution in [0.4, 0.5) is 0 Å². The molecule has 23 heavy (non-hydrogen) atoms. The van der Waals surface area contributed by atoms with Gasteiger partial charge in [0.05, 0.1) is 11.6 Å². The molecule has 3 aromatic heterocycles. The van der Waals surface area contributed by atoms with Crippen LogP contribution in [0.25, 0.3) is 5.65 Å². The summed E-state index contributed by atoms with van der Waals surface area (Å²) in [6, 6.07) is 7.57. The van der Waals surface area contributed by atoms with Crippen molar-refractivity contribution in [3.8, 4) is 0 Å². The van der Waals surface area contributed by atoms with E-state index < -0.39 is 0 Å². The predicted octanol–water partition coefficient (Wildman–Crippen LogP) is 2.92. The van der Waals surface area contributed by atoms with Gasteiger partial charge in [0.1, 0.15) is 11.5 Å². The first-order chi connectivity index (χ1) is 11.1. The van der Waals surface area contributed by atoms with E-state index in [9.17, 15) is 4.79 Å². The molecule has 1 saturated heterocycles. The van der Waals surface area contributed by atoms with Gasteiger partial charge in [-0.3, -0.25) is 9.20 Å². The highest BCUT2D eigenvalue weighted by molar-refractivity contribution is 5.95. The van der Waals surface area contributed by atoms with E-state index in [0.29, 0.717) is 11.3 Å². The van der Waals surface area contributed by atoms with Gasteiger partial charge in [-0.1, -0.05) is 6.07 Å². The van der Waals surface area contributed by atoms with Gasteiger partial charge in [-0.05, 0) is 44.9 Å². The van der Waals surface area contributed by atoms with Gasteiger partial charge in [0.2, 0.25) is 0 Å². The summed E-state index contributed by atoms with van der Waals surface area (Å²) < 4.78 is 7.47. The number of fused-ring (bicyclic) bond motifs is 1. The second kappa shape index (κ2) is 5.22. The van der Waals surface area contributed by atoms with Crippen molar-refractivity contribution in [2.24, 2.45) is 0 Å². The first kappa shape index (κ1) is 14.0. The van der Waals surface area contributed by atoms with Crippen molar-refractivity contribution in [2.45, 2.75) is 32.7 Å². The molecule has 1 atom stereocenters. The molecule has 1 fully saturated rings. The van der Waals surface area contributed by atoms with Crippen LogP contribution in [0.3, 0.4) is 0 Å². The van der Waals surface area contributed by atoms with Crippen molar-refractivity contribution in [2.75, 3.05) is 6.54 Å². The molecule has 0 aromatic carbocycles. The van der Waals surface area contributed by atoms with Crippen LogP contribution in [0.5, 0.6) is 0 Å². The molecule has 0 radical (unpaired) electrons. The van der Waals surface area contributed by atoms with Crippen molar-refractivity contribution in [3.05, 3.63) is 53.4 Å². The third kappa shape index (κ3) is 2.21. The number of rotatable bonds is 2. The van der Waals surface area contributed by atoms with Gasteiger partial charge >= 0.3 is 0 Å². The number of hydrogen-bond donors (Lipinski definition) is 0. The Labute approximate surface area is 133 Å². The molecule has 1 amide bonds. The zero-order chi connectivity index (χ0) is 16.0. The fourth-order valence-electron chi connectivity index (χ4n) is 3.36. The highest BCUT2D eigenvalue weighted by Crippen LogP contribution is 2.33. The normalized spacial score (nSPS) is 18.0. The second-order valence-electron chi connectivity index (χ2n) is 5.97. The number of carbonyl (C=O) groups excluding carboxylic acids is 1. The molecule has 3 aromatic rings. The third-order valence-electron chi connectivity index (χ3n) is 4.42. The van der Waals surface area contributed by atoms with Crippen LogP contribution in [-0.2, 0) is 0 Å². The van der Waals surface area contributed by atoms with E-state index in [1.54, 1.807) is 0 Å². The average molecular weight is 310 g/mol. The molecular weight excluding hydrogens is 292 g/mol. The van der Waals surface area contributed by atoms with E-state index in [-0.39, 0.29) is 11.9 Å². The second-order valence-corrected chi connectivity index (χ2v) is 5.97. The van der Waals surface area contributed by atoms with Crippen molar-refractivity contribution < 1.29 is 9.21 Å². The Morgan fingerprint density at radius 2 is 2.17 bits per heavy atom. The lowest BCUT2D eigenvalue weighted by molar-refractivity contribution is 0.0727. The zero-order valence-electron chi connectivity index (χ0n) is 13.2. The Morgan fingerprint density at radius 1 is 1.30 bits per heavy atom. The zero-order valence-corrected chi connectivity index (χ0v) is 13.2. The number of likely N-dealkylation sites (tertiary alicyclic amines) is 1. The fourth-order valence-corrected chi connectivity index (χ4v) is 3.36. The summed E-state index contributed by atoms with van der Waals surface area (Å²) in [6.07, 6.45) is 3.81. The molecule has 0 aliphatic carbocycles. The monoisotopic (exact) mass is 310 g/mol. The van der Waals surface area contributed by atoms with Crippen molar-refractivity contribution >= 4 is 11.6 Å². The fraction of sp³-hybridized carbons (Fsp3) is 0.353. The lowest BCUT2D eigenvalue weighted by Gasteiger charge is -2.23. The number of nitrogens with zero attached hydrogens (tertiary/aromatic N) is 4. The smallest absolute Gasteiger partial charge is 0.258 e. The SMILES string of the molecule is Cc1cc(C(=O)N2CCCC2c2nnc3ccccn23)c(C)o1. The Kier molecular flexibility index (Phi) is 3.18. The molecule has 0 bridgehead atoms. The van der Waals surface area contributed by atoms with Gasteiger partial charge in [0, 0.05) is 12.7 Å². The van der Waals surface area contributed by atoms with Crippen molar-refractivity contribution in [1.82, 2.24) is 19.5 Å². The average Bonchev–Trinajstić information content (AvgIpc) is 3.24. The molecule has 0 N–H and O–H groups in total. The number of hydrogen-bond acceptors (Lipinski definition) is 4.